The van der Waals surface area contributed by atoms with Gasteiger partial charge in [0.1, 0.15) is 0 Å². The van der Waals surface area contributed by atoms with E-state index in [-0.39, 0.29) is 35.3 Å². The summed E-state index contributed by atoms with van der Waals surface area (Å²) in [6.07, 6.45) is 1.47. The number of fused-ring (bicyclic) bond motifs is 1. The third-order valence-corrected chi connectivity index (χ3v) is 5.89. The van der Waals surface area contributed by atoms with Gasteiger partial charge in [-0.25, -0.2) is 0 Å². The number of likely N-dealkylation sites (tertiary alicyclic amines) is 2. The summed E-state index contributed by atoms with van der Waals surface area (Å²) in [4.78, 5) is 42.7. The zero-order valence-corrected chi connectivity index (χ0v) is 15.5. The van der Waals surface area contributed by atoms with Crippen molar-refractivity contribution >= 4 is 11.8 Å². The standard InChI is InChI=1S/C21H23N3O3/c1-13-5-3-4-6-17(13)20-18-12-23(10-16(18)11-24(20)14(2)25)21(27)15-7-8-19(26)22-9-15/h3-9,16,18,20H,10-12H2,1-2H3,(H,22,26)/t16-,18-,20-/m1/s1. The smallest absolute Gasteiger partial charge is 0.255 e. The highest BCUT2D eigenvalue weighted by Crippen LogP contribution is 2.45. The van der Waals surface area contributed by atoms with Gasteiger partial charge in [0, 0.05) is 50.7 Å². The Bertz CT molecular complexity index is 931. The molecule has 0 unspecified atom stereocenters. The first-order valence-corrected chi connectivity index (χ1v) is 9.26. The molecular formula is C21H23N3O3. The quantitative estimate of drug-likeness (QED) is 0.884. The van der Waals surface area contributed by atoms with E-state index in [1.807, 2.05) is 21.9 Å². The number of carbonyl (C=O) groups is 2. The summed E-state index contributed by atoms with van der Waals surface area (Å²) in [7, 11) is 0. The van der Waals surface area contributed by atoms with E-state index in [2.05, 4.69) is 24.0 Å². The van der Waals surface area contributed by atoms with Gasteiger partial charge in [-0.05, 0) is 24.1 Å². The summed E-state index contributed by atoms with van der Waals surface area (Å²) >= 11 is 0. The zero-order valence-electron chi connectivity index (χ0n) is 15.5. The molecule has 2 amide bonds. The van der Waals surface area contributed by atoms with Gasteiger partial charge in [-0.15, -0.1) is 0 Å². The number of nitrogens with one attached hydrogen (secondary N) is 1. The highest BCUT2D eigenvalue weighted by atomic mass is 16.2. The number of benzene rings is 1. The number of hydrogen-bond acceptors (Lipinski definition) is 3. The van der Waals surface area contributed by atoms with Crippen molar-refractivity contribution in [2.75, 3.05) is 19.6 Å². The Kier molecular flexibility index (Phi) is 4.34. The Labute approximate surface area is 157 Å². The number of carbonyl (C=O) groups excluding carboxylic acids is 2. The molecule has 1 aromatic heterocycles. The van der Waals surface area contributed by atoms with Crippen LogP contribution in [-0.4, -0.2) is 46.2 Å². The van der Waals surface area contributed by atoms with Crippen LogP contribution in [0.25, 0.3) is 0 Å². The van der Waals surface area contributed by atoms with Crippen LogP contribution in [0.3, 0.4) is 0 Å². The second kappa shape index (κ2) is 6.68. The molecule has 3 heterocycles. The molecule has 1 aromatic carbocycles. The normalized spacial score (nSPS) is 24.1. The van der Waals surface area contributed by atoms with Crippen molar-refractivity contribution in [2.45, 2.75) is 19.9 Å². The number of aromatic nitrogens is 1. The number of aryl methyl sites for hydroxylation is 1. The predicted octanol–water partition coefficient (Wildman–Crippen LogP) is 1.97. The molecule has 2 aromatic rings. The number of rotatable bonds is 2. The Morgan fingerprint density at radius 1 is 1.07 bits per heavy atom. The van der Waals surface area contributed by atoms with Crippen molar-refractivity contribution < 1.29 is 9.59 Å². The topological polar surface area (TPSA) is 73.5 Å². The maximum atomic E-state index is 12.8. The summed E-state index contributed by atoms with van der Waals surface area (Å²) in [5.41, 5.74) is 2.60. The monoisotopic (exact) mass is 365 g/mol. The maximum Gasteiger partial charge on any atom is 0.255 e. The van der Waals surface area contributed by atoms with E-state index in [9.17, 15) is 14.4 Å². The molecule has 2 aliphatic heterocycles. The van der Waals surface area contributed by atoms with Gasteiger partial charge in [0.2, 0.25) is 11.5 Å². The van der Waals surface area contributed by atoms with Crippen molar-refractivity contribution in [3.8, 4) is 0 Å². The fourth-order valence-corrected chi connectivity index (χ4v) is 4.58. The SMILES string of the molecule is CC(=O)N1C[C@H]2CN(C(=O)c3ccc(=O)[nH]c3)C[C@H]2[C@H]1c1ccccc1C. The third-order valence-electron chi connectivity index (χ3n) is 5.89. The number of pyridine rings is 1. The number of H-pyrrole nitrogens is 1. The molecule has 4 rings (SSSR count). The highest BCUT2D eigenvalue weighted by molar-refractivity contribution is 5.94. The first kappa shape index (κ1) is 17.5. The minimum absolute atomic E-state index is 0.00193. The zero-order chi connectivity index (χ0) is 19.1. The second-order valence-electron chi connectivity index (χ2n) is 7.55. The largest absolute Gasteiger partial charge is 0.338 e. The fraction of sp³-hybridized carbons (Fsp3) is 0.381. The Hall–Kier alpha value is -2.89. The van der Waals surface area contributed by atoms with Crippen LogP contribution in [0.15, 0.2) is 47.4 Å². The van der Waals surface area contributed by atoms with Gasteiger partial charge >= 0.3 is 0 Å². The summed E-state index contributed by atoms with van der Waals surface area (Å²) in [5, 5.41) is 0. The van der Waals surface area contributed by atoms with Crippen LogP contribution in [0.5, 0.6) is 0 Å². The first-order chi connectivity index (χ1) is 13.0. The number of nitrogens with zero attached hydrogens (tertiary/aromatic N) is 2. The van der Waals surface area contributed by atoms with Crippen molar-refractivity contribution in [3.63, 3.8) is 0 Å². The summed E-state index contributed by atoms with van der Waals surface area (Å²) in [5.74, 6) is 0.502. The highest BCUT2D eigenvalue weighted by Gasteiger charge is 2.49. The Balaban J connectivity index is 1.61. The molecule has 0 radical (unpaired) electrons. The van der Waals surface area contributed by atoms with Crippen LogP contribution >= 0.6 is 0 Å². The molecule has 3 atom stereocenters. The molecule has 6 nitrogen and oxygen atoms in total. The van der Waals surface area contributed by atoms with Gasteiger partial charge in [0.05, 0.1) is 11.6 Å². The molecule has 2 fully saturated rings. The fourth-order valence-electron chi connectivity index (χ4n) is 4.58. The van der Waals surface area contributed by atoms with Crippen LogP contribution in [0, 0.1) is 18.8 Å². The predicted molar refractivity (Wildman–Crippen MR) is 101 cm³/mol. The number of hydrogen-bond donors (Lipinski definition) is 1. The van der Waals surface area contributed by atoms with Crippen LogP contribution in [-0.2, 0) is 4.79 Å². The molecule has 0 bridgehead atoms. The van der Waals surface area contributed by atoms with E-state index in [0.29, 0.717) is 25.2 Å². The van der Waals surface area contributed by atoms with Crippen molar-refractivity contribution in [2.24, 2.45) is 11.8 Å². The molecule has 6 heteroatoms. The number of aromatic amines is 1. The van der Waals surface area contributed by atoms with Crippen molar-refractivity contribution in [1.29, 1.82) is 0 Å². The Morgan fingerprint density at radius 3 is 2.52 bits per heavy atom. The van der Waals surface area contributed by atoms with Crippen LogP contribution < -0.4 is 5.56 Å². The lowest BCUT2D eigenvalue weighted by Gasteiger charge is -2.30. The minimum atomic E-state index is -0.221. The van der Waals surface area contributed by atoms with Gasteiger partial charge in [0.15, 0.2) is 0 Å². The molecule has 0 saturated carbocycles. The van der Waals surface area contributed by atoms with E-state index >= 15 is 0 Å². The summed E-state index contributed by atoms with van der Waals surface area (Å²) in [6, 6.07) is 11.1. The number of amides is 2. The van der Waals surface area contributed by atoms with Crippen LogP contribution in [0.4, 0.5) is 0 Å². The maximum absolute atomic E-state index is 12.8. The molecule has 1 N–H and O–H groups in total. The average molecular weight is 365 g/mol. The molecule has 0 aliphatic carbocycles. The third kappa shape index (κ3) is 3.05. The lowest BCUT2D eigenvalue weighted by Crippen LogP contribution is -2.36. The van der Waals surface area contributed by atoms with Crippen LogP contribution in [0.2, 0.25) is 0 Å². The van der Waals surface area contributed by atoms with Crippen molar-refractivity contribution in [3.05, 3.63) is 69.6 Å². The second-order valence-corrected chi connectivity index (χ2v) is 7.55. The van der Waals surface area contributed by atoms with Crippen LogP contribution in [0.1, 0.15) is 34.5 Å². The minimum Gasteiger partial charge on any atom is -0.338 e. The molecule has 27 heavy (non-hydrogen) atoms. The lowest BCUT2D eigenvalue weighted by molar-refractivity contribution is -0.130. The first-order valence-electron chi connectivity index (χ1n) is 9.26. The van der Waals surface area contributed by atoms with E-state index in [1.165, 1.54) is 23.4 Å². The van der Waals surface area contributed by atoms with E-state index < -0.39 is 0 Å². The summed E-state index contributed by atoms with van der Waals surface area (Å²) in [6.45, 7) is 5.61. The molecule has 2 saturated heterocycles. The molecular weight excluding hydrogens is 342 g/mol. The van der Waals surface area contributed by atoms with E-state index in [0.717, 1.165) is 0 Å². The Morgan fingerprint density at radius 2 is 1.85 bits per heavy atom. The van der Waals surface area contributed by atoms with Gasteiger partial charge < -0.3 is 14.8 Å². The van der Waals surface area contributed by atoms with Crippen molar-refractivity contribution in [1.82, 2.24) is 14.8 Å². The van der Waals surface area contributed by atoms with Gasteiger partial charge in [-0.3, -0.25) is 14.4 Å². The lowest BCUT2D eigenvalue weighted by atomic mass is 9.87. The van der Waals surface area contributed by atoms with E-state index in [1.54, 1.807) is 13.0 Å². The molecule has 2 aliphatic rings. The van der Waals surface area contributed by atoms with Gasteiger partial charge in [-0.1, -0.05) is 24.3 Å². The molecule has 140 valence electrons. The van der Waals surface area contributed by atoms with E-state index in [4.69, 9.17) is 0 Å². The van der Waals surface area contributed by atoms with Gasteiger partial charge in [0.25, 0.3) is 5.91 Å². The van der Waals surface area contributed by atoms with Gasteiger partial charge in [-0.2, -0.15) is 0 Å². The summed E-state index contributed by atoms with van der Waals surface area (Å²) < 4.78 is 0. The molecule has 0 spiro atoms. The average Bonchev–Trinajstić information content (AvgIpc) is 3.20.